The molecule has 0 spiro atoms. The van der Waals surface area contributed by atoms with Gasteiger partial charge in [-0.15, -0.1) is 0 Å². The van der Waals surface area contributed by atoms with E-state index in [0.29, 0.717) is 30.4 Å². The highest BCUT2D eigenvalue weighted by atomic mass is 16.6. The molecule has 0 aromatic heterocycles. The van der Waals surface area contributed by atoms with Gasteiger partial charge in [-0.25, -0.2) is 0 Å². The number of benzene rings is 1. The van der Waals surface area contributed by atoms with Gasteiger partial charge in [0.15, 0.2) is 11.5 Å². The van der Waals surface area contributed by atoms with Crippen molar-refractivity contribution in [3.8, 4) is 11.5 Å². The lowest BCUT2D eigenvalue weighted by Crippen LogP contribution is -2.48. The topological polar surface area (TPSA) is 79.8 Å². The molecule has 1 aromatic rings. The summed E-state index contributed by atoms with van der Waals surface area (Å²) in [5, 5.41) is 15.1. The standard InChI is InChI=1S/C15H22N2O4/c1-3-15(2,10-18)16-9-14(19)17-11-4-5-12-13(8-11)21-7-6-20-12/h4-5,8,16,18H,3,6-7,9-10H2,1-2H3,(H,17,19). The van der Waals surface area contributed by atoms with Crippen LogP contribution in [-0.2, 0) is 4.79 Å². The van der Waals surface area contributed by atoms with Gasteiger partial charge in [0.2, 0.25) is 5.91 Å². The largest absolute Gasteiger partial charge is 0.486 e. The number of carbonyl (C=O) groups excluding carboxylic acids is 1. The lowest BCUT2D eigenvalue weighted by atomic mass is 10.0. The number of anilines is 1. The van der Waals surface area contributed by atoms with Crippen LogP contribution in [0.3, 0.4) is 0 Å². The van der Waals surface area contributed by atoms with Crippen molar-refractivity contribution in [2.45, 2.75) is 25.8 Å². The molecule has 3 N–H and O–H groups in total. The van der Waals surface area contributed by atoms with Crippen LogP contribution in [0, 0.1) is 0 Å². The Morgan fingerprint density at radius 2 is 2.05 bits per heavy atom. The van der Waals surface area contributed by atoms with E-state index in [1.54, 1.807) is 18.2 Å². The Bertz CT molecular complexity index is 500. The van der Waals surface area contributed by atoms with Gasteiger partial charge in [0, 0.05) is 17.3 Å². The van der Waals surface area contributed by atoms with Gasteiger partial charge in [-0.1, -0.05) is 6.92 Å². The second-order valence-corrected chi connectivity index (χ2v) is 5.33. The minimum absolute atomic E-state index is 0.0131. The normalized spacial score (nSPS) is 16.1. The predicted molar refractivity (Wildman–Crippen MR) is 79.8 cm³/mol. The maximum atomic E-state index is 11.9. The van der Waals surface area contributed by atoms with E-state index in [1.807, 2.05) is 13.8 Å². The fourth-order valence-electron chi connectivity index (χ4n) is 1.91. The summed E-state index contributed by atoms with van der Waals surface area (Å²) in [5.74, 6) is 1.16. The number of hydrogen-bond donors (Lipinski definition) is 3. The number of aliphatic hydroxyl groups excluding tert-OH is 1. The molecule has 0 radical (unpaired) electrons. The summed E-state index contributed by atoms with van der Waals surface area (Å²) in [5.41, 5.74) is 0.220. The van der Waals surface area contributed by atoms with Crippen molar-refractivity contribution in [3.05, 3.63) is 18.2 Å². The molecule has 116 valence electrons. The Hall–Kier alpha value is -1.79. The Balaban J connectivity index is 1.91. The molecule has 21 heavy (non-hydrogen) atoms. The molecule has 6 heteroatoms. The maximum absolute atomic E-state index is 11.9. The predicted octanol–water partition coefficient (Wildman–Crippen LogP) is 1.15. The van der Waals surface area contributed by atoms with Gasteiger partial charge in [0.05, 0.1) is 13.2 Å². The number of hydrogen-bond acceptors (Lipinski definition) is 5. The van der Waals surface area contributed by atoms with E-state index in [0.717, 1.165) is 6.42 Å². The van der Waals surface area contributed by atoms with E-state index in [9.17, 15) is 9.90 Å². The van der Waals surface area contributed by atoms with Crippen LogP contribution in [-0.4, -0.2) is 42.9 Å². The SMILES string of the molecule is CCC(C)(CO)NCC(=O)Nc1ccc2c(c1)OCCO2. The summed E-state index contributed by atoms with van der Waals surface area (Å²) in [4.78, 5) is 11.9. The van der Waals surface area contributed by atoms with Gasteiger partial charge in [0.1, 0.15) is 13.2 Å². The van der Waals surface area contributed by atoms with Crippen molar-refractivity contribution in [3.63, 3.8) is 0 Å². The molecule has 1 aliphatic heterocycles. The minimum atomic E-state index is -0.440. The smallest absolute Gasteiger partial charge is 0.238 e. The van der Waals surface area contributed by atoms with E-state index in [4.69, 9.17) is 9.47 Å². The summed E-state index contributed by atoms with van der Waals surface area (Å²) >= 11 is 0. The average Bonchev–Trinajstić information content (AvgIpc) is 2.52. The molecular formula is C15H22N2O4. The molecule has 0 bridgehead atoms. The van der Waals surface area contributed by atoms with Gasteiger partial charge < -0.3 is 25.2 Å². The summed E-state index contributed by atoms with van der Waals surface area (Å²) in [7, 11) is 0. The number of carbonyl (C=O) groups is 1. The van der Waals surface area contributed by atoms with Crippen LogP contribution in [0.4, 0.5) is 5.69 Å². The van der Waals surface area contributed by atoms with Gasteiger partial charge in [-0.05, 0) is 25.5 Å². The van der Waals surface area contributed by atoms with Gasteiger partial charge >= 0.3 is 0 Å². The first-order valence-corrected chi connectivity index (χ1v) is 7.12. The number of aliphatic hydroxyl groups is 1. The summed E-state index contributed by atoms with van der Waals surface area (Å²) < 4.78 is 10.9. The lowest BCUT2D eigenvalue weighted by Gasteiger charge is -2.27. The van der Waals surface area contributed by atoms with Crippen LogP contribution >= 0.6 is 0 Å². The molecule has 0 saturated heterocycles. The number of amides is 1. The molecule has 1 amide bonds. The molecule has 1 aliphatic rings. The molecule has 0 fully saturated rings. The minimum Gasteiger partial charge on any atom is -0.486 e. The maximum Gasteiger partial charge on any atom is 0.238 e. The van der Waals surface area contributed by atoms with E-state index in [1.165, 1.54) is 0 Å². The zero-order valence-corrected chi connectivity index (χ0v) is 12.4. The number of rotatable bonds is 6. The number of nitrogens with one attached hydrogen (secondary N) is 2. The van der Waals surface area contributed by atoms with E-state index in [-0.39, 0.29) is 19.1 Å². The van der Waals surface area contributed by atoms with Gasteiger partial charge in [0.25, 0.3) is 0 Å². The van der Waals surface area contributed by atoms with Crippen LogP contribution in [0.15, 0.2) is 18.2 Å². The highest BCUT2D eigenvalue weighted by Crippen LogP contribution is 2.32. The number of fused-ring (bicyclic) bond motifs is 1. The molecule has 1 heterocycles. The third kappa shape index (κ3) is 4.09. The van der Waals surface area contributed by atoms with Crippen LogP contribution in [0.2, 0.25) is 0 Å². The van der Waals surface area contributed by atoms with Crippen LogP contribution in [0.25, 0.3) is 0 Å². The van der Waals surface area contributed by atoms with Gasteiger partial charge in [-0.3, -0.25) is 4.79 Å². The highest BCUT2D eigenvalue weighted by molar-refractivity contribution is 5.92. The van der Waals surface area contributed by atoms with Crippen molar-refractivity contribution in [2.24, 2.45) is 0 Å². The summed E-state index contributed by atoms with van der Waals surface area (Å²) in [6, 6.07) is 5.30. The zero-order chi connectivity index (χ0) is 15.3. The Labute approximate surface area is 124 Å². The van der Waals surface area contributed by atoms with Crippen molar-refractivity contribution >= 4 is 11.6 Å². The third-order valence-corrected chi connectivity index (χ3v) is 3.63. The summed E-state index contributed by atoms with van der Waals surface area (Å²) in [6.45, 7) is 5.02. The quantitative estimate of drug-likeness (QED) is 0.733. The lowest BCUT2D eigenvalue weighted by molar-refractivity contribution is -0.115. The molecule has 1 aromatic carbocycles. The average molecular weight is 294 g/mol. The van der Waals surface area contributed by atoms with Crippen molar-refractivity contribution < 1.29 is 19.4 Å². The second-order valence-electron chi connectivity index (χ2n) is 5.33. The first kappa shape index (κ1) is 15.6. The zero-order valence-electron chi connectivity index (χ0n) is 12.4. The Kier molecular flexibility index (Phi) is 5.03. The summed E-state index contributed by atoms with van der Waals surface area (Å²) in [6.07, 6.45) is 0.737. The Morgan fingerprint density at radius 1 is 1.33 bits per heavy atom. The van der Waals surface area contributed by atoms with E-state index >= 15 is 0 Å². The van der Waals surface area contributed by atoms with E-state index < -0.39 is 5.54 Å². The second kappa shape index (κ2) is 6.78. The van der Waals surface area contributed by atoms with Crippen molar-refractivity contribution in [1.82, 2.24) is 5.32 Å². The molecular weight excluding hydrogens is 272 g/mol. The van der Waals surface area contributed by atoms with Crippen molar-refractivity contribution in [1.29, 1.82) is 0 Å². The first-order chi connectivity index (χ1) is 10.1. The van der Waals surface area contributed by atoms with Crippen LogP contribution in [0.5, 0.6) is 11.5 Å². The van der Waals surface area contributed by atoms with Crippen molar-refractivity contribution in [2.75, 3.05) is 31.7 Å². The number of ether oxygens (including phenoxy) is 2. The fourth-order valence-corrected chi connectivity index (χ4v) is 1.91. The first-order valence-electron chi connectivity index (χ1n) is 7.12. The van der Waals surface area contributed by atoms with Gasteiger partial charge in [-0.2, -0.15) is 0 Å². The highest BCUT2D eigenvalue weighted by Gasteiger charge is 2.21. The molecule has 6 nitrogen and oxygen atoms in total. The molecule has 1 unspecified atom stereocenters. The molecule has 0 aliphatic carbocycles. The third-order valence-electron chi connectivity index (χ3n) is 3.63. The van der Waals surface area contributed by atoms with Crippen LogP contribution < -0.4 is 20.1 Å². The monoisotopic (exact) mass is 294 g/mol. The Morgan fingerprint density at radius 3 is 2.71 bits per heavy atom. The van der Waals surface area contributed by atoms with E-state index in [2.05, 4.69) is 10.6 Å². The van der Waals surface area contributed by atoms with Crippen LogP contribution in [0.1, 0.15) is 20.3 Å². The molecule has 2 rings (SSSR count). The molecule has 0 saturated carbocycles. The molecule has 1 atom stereocenters. The fraction of sp³-hybridized carbons (Fsp3) is 0.533.